The van der Waals surface area contributed by atoms with Gasteiger partial charge in [-0.1, -0.05) is 19.9 Å². The Balaban J connectivity index is 2.19. The number of hydrogen-bond acceptors (Lipinski definition) is 2. The number of carbonyl (C=O) groups excluding carboxylic acids is 1. The van der Waals surface area contributed by atoms with Crippen LogP contribution in [0.3, 0.4) is 0 Å². The topological polar surface area (TPSA) is 40.5 Å². The van der Waals surface area contributed by atoms with Crippen LogP contribution in [0.15, 0.2) is 18.2 Å². The summed E-state index contributed by atoms with van der Waals surface area (Å²) in [7, 11) is 0. The van der Waals surface area contributed by atoms with E-state index < -0.39 is 0 Å². The van der Waals surface area contributed by atoms with Gasteiger partial charge in [0.25, 0.3) is 5.91 Å². The number of likely N-dealkylation sites (tertiary alicyclic amines) is 1. The minimum atomic E-state index is 0.0437. The van der Waals surface area contributed by atoms with Gasteiger partial charge in [0.1, 0.15) is 5.75 Å². The first-order chi connectivity index (χ1) is 8.50. The third-order valence-electron chi connectivity index (χ3n) is 4.16. The summed E-state index contributed by atoms with van der Waals surface area (Å²) in [5.41, 5.74) is 1.30. The SMILES string of the molecule is Cc1c(O)cccc1C(=O)N1CCC(C)C(C)C1. The number of rotatable bonds is 1. The summed E-state index contributed by atoms with van der Waals surface area (Å²) in [4.78, 5) is 14.3. The Labute approximate surface area is 108 Å². The molecule has 2 rings (SSSR count). The van der Waals surface area contributed by atoms with E-state index in [-0.39, 0.29) is 11.7 Å². The highest BCUT2D eigenvalue weighted by molar-refractivity contribution is 5.96. The van der Waals surface area contributed by atoms with Gasteiger partial charge in [0.05, 0.1) is 0 Å². The molecule has 0 radical (unpaired) electrons. The van der Waals surface area contributed by atoms with Crippen LogP contribution in [-0.2, 0) is 0 Å². The van der Waals surface area contributed by atoms with Crippen LogP contribution in [-0.4, -0.2) is 29.0 Å². The molecule has 0 aromatic heterocycles. The molecule has 1 aromatic carbocycles. The van der Waals surface area contributed by atoms with Gasteiger partial charge in [0, 0.05) is 24.2 Å². The van der Waals surface area contributed by atoms with Gasteiger partial charge in [-0.05, 0) is 37.3 Å². The van der Waals surface area contributed by atoms with Crippen molar-refractivity contribution in [3.63, 3.8) is 0 Å². The van der Waals surface area contributed by atoms with Crippen molar-refractivity contribution >= 4 is 5.91 Å². The largest absolute Gasteiger partial charge is 0.508 e. The molecule has 1 aliphatic heterocycles. The normalized spacial score (nSPS) is 24.1. The molecule has 3 nitrogen and oxygen atoms in total. The fourth-order valence-corrected chi connectivity index (χ4v) is 2.47. The fourth-order valence-electron chi connectivity index (χ4n) is 2.47. The first-order valence-corrected chi connectivity index (χ1v) is 6.58. The molecule has 0 spiro atoms. The molecule has 3 heteroatoms. The molecule has 0 saturated carbocycles. The third-order valence-corrected chi connectivity index (χ3v) is 4.16. The van der Waals surface area contributed by atoms with Crippen LogP contribution in [0, 0.1) is 18.8 Å². The second kappa shape index (κ2) is 5.01. The predicted molar refractivity (Wildman–Crippen MR) is 71.7 cm³/mol. The van der Waals surface area contributed by atoms with Crippen molar-refractivity contribution in [2.75, 3.05) is 13.1 Å². The molecule has 1 amide bonds. The second-order valence-corrected chi connectivity index (χ2v) is 5.44. The van der Waals surface area contributed by atoms with Gasteiger partial charge in [-0.2, -0.15) is 0 Å². The predicted octanol–water partition coefficient (Wildman–Crippen LogP) is 2.82. The van der Waals surface area contributed by atoms with E-state index in [0.717, 1.165) is 19.5 Å². The van der Waals surface area contributed by atoms with E-state index in [4.69, 9.17) is 0 Å². The Morgan fingerprint density at radius 1 is 1.33 bits per heavy atom. The van der Waals surface area contributed by atoms with E-state index >= 15 is 0 Å². The number of phenolic OH excluding ortho intramolecular Hbond substituents is 1. The summed E-state index contributed by atoms with van der Waals surface area (Å²) in [6.07, 6.45) is 1.06. The minimum absolute atomic E-state index is 0.0437. The lowest BCUT2D eigenvalue weighted by Gasteiger charge is -2.35. The second-order valence-electron chi connectivity index (χ2n) is 5.44. The Kier molecular flexibility index (Phi) is 3.60. The quantitative estimate of drug-likeness (QED) is 0.829. The lowest BCUT2D eigenvalue weighted by molar-refractivity contribution is 0.0626. The summed E-state index contributed by atoms with van der Waals surface area (Å²) in [5.74, 6) is 1.46. The van der Waals surface area contributed by atoms with Crippen molar-refractivity contribution in [3.8, 4) is 5.75 Å². The van der Waals surface area contributed by atoms with Crippen molar-refractivity contribution in [1.29, 1.82) is 0 Å². The summed E-state index contributed by atoms with van der Waals surface area (Å²) >= 11 is 0. The summed E-state index contributed by atoms with van der Waals surface area (Å²) in [6, 6.07) is 5.14. The molecular weight excluding hydrogens is 226 g/mol. The third kappa shape index (κ3) is 2.35. The fraction of sp³-hybridized carbons (Fsp3) is 0.533. The van der Waals surface area contributed by atoms with Crippen molar-refractivity contribution in [1.82, 2.24) is 4.90 Å². The number of carbonyl (C=O) groups is 1. The van der Waals surface area contributed by atoms with Crippen molar-refractivity contribution in [3.05, 3.63) is 29.3 Å². The Morgan fingerprint density at radius 2 is 2.06 bits per heavy atom. The Hall–Kier alpha value is -1.51. The zero-order chi connectivity index (χ0) is 13.3. The number of phenols is 1. The first kappa shape index (κ1) is 12.9. The van der Waals surface area contributed by atoms with E-state index in [0.29, 0.717) is 23.0 Å². The van der Waals surface area contributed by atoms with E-state index in [2.05, 4.69) is 13.8 Å². The zero-order valence-corrected chi connectivity index (χ0v) is 11.3. The maximum Gasteiger partial charge on any atom is 0.254 e. The molecule has 1 N–H and O–H groups in total. The van der Waals surface area contributed by atoms with Crippen LogP contribution in [0.4, 0.5) is 0 Å². The van der Waals surface area contributed by atoms with Crippen molar-refractivity contribution in [2.45, 2.75) is 27.2 Å². The van der Waals surface area contributed by atoms with Crippen molar-refractivity contribution < 1.29 is 9.90 Å². The molecule has 1 saturated heterocycles. The molecular formula is C15H21NO2. The highest BCUT2D eigenvalue weighted by Crippen LogP contribution is 2.26. The molecule has 18 heavy (non-hydrogen) atoms. The molecule has 2 unspecified atom stereocenters. The molecule has 0 bridgehead atoms. The van der Waals surface area contributed by atoms with Crippen LogP contribution in [0.1, 0.15) is 36.2 Å². The monoisotopic (exact) mass is 247 g/mol. The van der Waals surface area contributed by atoms with Crippen molar-refractivity contribution in [2.24, 2.45) is 11.8 Å². The molecule has 1 aliphatic rings. The van der Waals surface area contributed by atoms with Crippen LogP contribution >= 0.6 is 0 Å². The lowest BCUT2D eigenvalue weighted by atomic mass is 9.88. The molecule has 98 valence electrons. The van der Waals surface area contributed by atoms with Gasteiger partial charge in [-0.3, -0.25) is 4.79 Å². The minimum Gasteiger partial charge on any atom is -0.508 e. The molecule has 1 heterocycles. The van der Waals surface area contributed by atoms with Gasteiger partial charge in [0.15, 0.2) is 0 Å². The van der Waals surface area contributed by atoms with Gasteiger partial charge in [-0.25, -0.2) is 0 Å². The summed E-state index contributed by atoms with van der Waals surface area (Å²) < 4.78 is 0. The summed E-state index contributed by atoms with van der Waals surface area (Å²) in [6.45, 7) is 7.86. The Bertz CT molecular complexity index is 456. The zero-order valence-electron chi connectivity index (χ0n) is 11.3. The van der Waals surface area contributed by atoms with Crippen LogP contribution in [0.5, 0.6) is 5.75 Å². The maximum atomic E-state index is 12.4. The standard InChI is InChI=1S/C15H21NO2/c1-10-7-8-16(9-11(10)2)15(18)13-5-4-6-14(17)12(13)3/h4-6,10-11,17H,7-9H2,1-3H3. The molecule has 2 atom stereocenters. The molecule has 0 aliphatic carbocycles. The van der Waals surface area contributed by atoms with Crippen LogP contribution < -0.4 is 0 Å². The maximum absolute atomic E-state index is 12.4. The van der Waals surface area contributed by atoms with Gasteiger partial charge >= 0.3 is 0 Å². The average Bonchev–Trinajstić information content (AvgIpc) is 2.35. The van der Waals surface area contributed by atoms with E-state index in [1.54, 1.807) is 25.1 Å². The smallest absolute Gasteiger partial charge is 0.254 e. The van der Waals surface area contributed by atoms with Crippen LogP contribution in [0.2, 0.25) is 0 Å². The van der Waals surface area contributed by atoms with Gasteiger partial charge in [0.2, 0.25) is 0 Å². The van der Waals surface area contributed by atoms with Gasteiger partial charge < -0.3 is 10.0 Å². The van der Waals surface area contributed by atoms with E-state index in [1.165, 1.54) is 0 Å². The Morgan fingerprint density at radius 3 is 2.72 bits per heavy atom. The lowest BCUT2D eigenvalue weighted by Crippen LogP contribution is -2.42. The van der Waals surface area contributed by atoms with Crippen LogP contribution in [0.25, 0.3) is 0 Å². The number of hydrogen-bond donors (Lipinski definition) is 1. The summed E-state index contributed by atoms with van der Waals surface area (Å²) in [5, 5.41) is 9.67. The number of nitrogens with zero attached hydrogens (tertiary/aromatic N) is 1. The molecule has 1 aromatic rings. The highest BCUT2D eigenvalue weighted by Gasteiger charge is 2.27. The number of aromatic hydroxyl groups is 1. The van der Waals surface area contributed by atoms with E-state index in [1.807, 2.05) is 4.90 Å². The first-order valence-electron chi connectivity index (χ1n) is 6.58. The molecule has 1 fully saturated rings. The van der Waals surface area contributed by atoms with Gasteiger partial charge in [-0.15, -0.1) is 0 Å². The number of benzene rings is 1. The number of amides is 1. The number of piperidine rings is 1. The van der Waals surface area contributed by atoms with E-state index in [9.17, 15) is 9.90 Å². The average molecular weight is 247 g/mol. The highest BCUT2D eigenvalue weighted by atomic mass is 16.3.